The van der Waals surface area contributed by atoms with Gasteiger partial charge in [-0.05, 0) is 12.1 Å². The van der Waals surface area contributed by atoms with Crippen molar-refractivity contribution in [2.45, 2.75) is 0 Å². The van der Waals surface area contributed by atoms with Crippen LogP contribution in [0.25, 0.3) is 16.8 Å². The van der Waals surface area contributed by atoms with E-state index in [1.807, 2.05) is 55.4 Å². The highest BCUT2D eigenvalue weighted by Crippen LogP contribution is 2.26. The largest absolute Gasteiger partial charge is 0.383 e. The molecule has 5 nitrogen and oxygen atoms in total. The van der Waals surface area contributed by atoms with E-state index in [9.17, 15) is 4.79 Å². The van der Waals surface area contributed by atoms with Gasteiger partial charge in [-0.15, -0.1) is 5.10 Å². The van der Waals surface area contributed by atoms with E-state index in [4.69, 9.17) is 0 Å². The van der Waals surface area contributed by atoms with Crippen molar-refractivity contribution in [1.82, 2.24) is 19.7 Å². The van der Waals surface area contributed by atoms with Crippen LogP contribution in [0.2, 0.25) is 0 Å². The number of aromatic nitrogens is 3. The molecule has 0 aliphatic heterocycles. The lowest BCUT2D eigenvalue weighted by atomic mass is 10.0. The van der Waals surface area contributed by atoms with Gasteiger partial charge in [0, 0.05) is 38.1 Å². The number of hydrogen-bond donors (Lipinski definition) is 0. The van der Waals surface area contributed by atoms with Crippen molar-refractivity contribution in [3.63, 3.8) is 0 Å². The van der Waals surface area contributed by atoms with Crippen molar-refractivity contribution in [3.05, 3.63) is 66.5 Å². The lowest BCUT2D eigenvalue weighted by Crippen LogP contribution is -2.03. The minimum atomic E-state index is -0.0875. The number of hydrogen-bond acceptors (Lipinski definition) is 4. The molecule has 0 spiro atoms. The van der Waals surface area contributed by atoms with Crippen LogP contribution < -0.4 is 0 Å². The summed E-state index contributed by atoms with van der Waals surface area (Å²) in [4.78, 5) is 14.4. The minimum absolute atomic E-state index is 0.0875. The number of nitrogens with zero attached hydrogens (tertiary/aromatic N) is 4. The predicted octanol–water partition coefficient (Wildman–Crippen LogP) is 2.65. The van der Waals surface area contributed by atoms with Crippen LogP contribution in [0.3, 0.4) is 0 Å². The highest BCUT2D eigenvalue weighted by atomic mass is 16.1. The number of carbonyl (C=O) groups excluding carboxylic acids is 1. The maximum atomic E-state index is 12.6. The molecule has 0 saturated carbocycles. The third-order valence-corrected chi connectivity index (χ3v) is 3.24. The summed E-state index contributed by atoms with van der Waals surface area (Å²) < 4.78 is 1.50. The second-order valence-corrected chi connectivity index (χ2v) is 5.13. The Morgan fingerprint density at radius 1 is 1.14 bits per heavy atom. The standard InChI is InChI=1S/C17H16N4O/c1-20(2)12-10-15(22)16-14-9-6-11-18-21(14)19-17(16)13-7-4-3-5-8-13/h3-12H,1-2H3. The summed E-state index contributed by atoms with van der Waals surface area (Å²) in [6.07, 6.45) is 4.94. The summed E-state index contributed by atoms with van der Waals surface area (Å²) in [5.41, 5.74) is 2.81. The summed E-state index contributed by atoms with van der Waals surface area (Å²) in [6, 6.07) is 13.3. The van der Waals surface area contributed by atoms with Crippen LogP contribution >= 0.6 is 0 Å². The van der Waals surface area contributed by atoms with Crippen molar-refractivity contribution in [2.24, 2.45) is 0 Å². The van der Waals surface area contributed by atoms with E-state index in [-0.39, 0.29) is 5.78 Å². The van der Waals surface area contributed by atoms with E-state index in [1.165, 1.54) is 4.63 Å². The molecule has 0 N–H and O–H groups in total. The monoisotopic (exact) mass is 292 g/mol. The highest BCUT2D eigenvalue weighted by Gasteiger charge is 2.19. The fraction of sp³-hybridized carbons (Fsp3) is 0.118. The van der Waals surface area contributed by atoms with Gasteiger partial charge in [-0.3, -0.25) is 4.79 Å². The van der Waals surface area contributed by atoms with Crippen molar-refractivity contribution < 1.29 is 4.79 Å². The Kier molecular flexibility index (Phi) is 3.70. The molecule has 0 unspecified atom stereocenters. The molecular weight excluding hydrogens is 276 g/mol. The number of allylic oxidation sites excluding steroid dienone is 1. The lowest BCUT2D eigenvalue weighted by molar-refractivity contribution is 0.104. The summed E-state index contributed by atoms with van der Waals surface area (Å²) in [5, 5.41) is 8.65. The maximum Gasteiger partial charge on any atom is 0.191 e. The first-order valence-corrected chi connectivity index (χ1v) is 6.95. The molecule has 2 aromatic heterocycles. The first kappa shape index (κ1) is 14.0. The van der Waals surface area contributed by atoms with Gasteiger partial charge < -0.3 is 4.90 Å². The van der Waals surface area contributed by atoms with E-state index in [0.29, 0.717) is 16.8 Å². The molecule has 110 valence electrons. The smallest absolute Gasteiger partial charge is 0.191 e. The Morgan fingerprint density at radius 2 is 1.91 bits per heavy atom. The summed E-state index contributed by atoms with van der Waals surface area (Å²) in [6.45, 7) is 0. The Bertz CT molecular complexity index is 834. The Balaban J connectivity index is 2.20. The molecule has 0 aliphatic carbocycles. The molecule has 0 saturated heterocycles. The summed E-state index contributed by atoms with van der Waals surface area (Å²) in [5.74, 6) is -0.0875. The van der Waals surface area contributed by atoms with Crippen LogP contribution in [0.15, 0.2) is 60.9 Å². The highest BCUT2D eigenvalue weighted by molar-refractivity contribution is 6.13. The van der Waals surface area contributed by atoms with Crippen molar-refractivity contribution >= 4 is 11.3 Å². The molecule has 0 radical (unpaired) electrons. The molecule has 0 atom stereocenters. The average molecular weight is 292 g/mol. The second kappa shape index (κ2) is 5.81. The van der Waals surface area contributed by atoms with Gasteiger partial charge in [0.15, 0.2) is 5.78 Å². The van der Waals surface area contributed by atoms with Crippen LogP contribution in [-0.4, -0.2) is 39.6 Å². The molecular formula is C17H16N4O. The van der Waals surface area contributed by atoms with Crippen molar-refractivity contribution in [1.29, 1.82) is 0 Å². The quantitative estimate of drug-likeness (QED) is 0.548. The van der Waals surface area contributed by atoms with Crippen LogP contribution in [0.1, 0.15) is 10.4 Å². The van der Waals surface area contributed by atoms with Gasteiger partial charge in [-0.1, -0.05) is 30.3 Å². The number of carbonyl (C=O) groups is 1. The Labute approximate surface area is 128 Å². The van der Waals surface area contributed by atoms with Crippen LogP contribution in [0.5, 0.6) is 0 Å². The Hall–Kier alpha value is -2.95. The van der Waals surface area contributed by atoms with E-state index in [0.717, 1.165) is 5.56 Å². The fourth-order valence-electron chi connectivity index (χ4n) is 2.23. The molecule has 3 rings (SSSR count). The number of fused-ring (bicyclic) bond motifs is 1. The zero-order valence-corrected chi connectivity index (χ0v) is 12.5. The number of benzene rings is 1. The fourth-order valence-corrected chi connectivity index (χ4v) is 2.23. The van der Waals surface area contributed by atoms with E-state index >= 15 is 0 Å². The SMILES string of the molecule is CN(C)C=CC(=O)c1c(-c2ccccc2)nn2ncccc12. The van der Waals surface area contributed by atoms with Gasteiger partial charge in [0.2, 0.25) is 0 Å². The van der Waals surface area contributed by atoms with Crippen molar-refractivity contribution in [2.75, 3.05) is 14.1 Å². The average Bonchev–Trinajstić information content (AvgIpc) is 2.93. The molecule has 1 aromatic carbocycles. The predicted molar refractivity (Wildman–Crippen MR) is 85.6 cm³/mol. The van der Waals surface area contributed by atoms with Crippen LogP contribution in [0.4, 0.5) is 0 Å². The van der Waals surface area contributed by atoms with E-state index < -0.39 is 0 Å². The molecule has 0 fully saturated rings. The van der Waals surface area contributed by atoms with Gasteiger partial charge in [0.05, 0.1) is 11.1 Å². The number of ketones is 1. The van der Waals surface area contributed by atoms with Gasteiger partial charge in [-0.2, -0.15) is 9.73 Å². The number of rotatable bonds is 4. The van der Waals surface area contributed by atoms with E-state index in [2.05, 4.69) is 10.2 Å². The molecule has 22 heavy (non-hydrogen) atoms. The van der Waals surface area contributed by atoms with Crippen LogP contribution in [0, 0.1) is 0 Å². The lowest BCUT2D eigenvalue weighted by Gasteiger charge is -2.03. The minimum Gasteiger partial charge on any atom is -0.383 e. The third kappa shape index (κ3) is 2.61. The first-order valence-electron chi connectivity index (χ1n) is 6.95. The van der Waals surface area contributed by atoms with Gasteiger partial charge in [0.1, 0.15) is 5.69 Å². The molecule has 0 amide bonds. The van der Waals surface area contributed by atoms with E-state index in [1.54, 1.807) is 24.5 Å². The zero-order chi connectivity index (χ0) is 15.5. The maximum absolute atomic E-state index is 12.6. The second-order valence-electron chi connectivity index (χ2n) is 5.13. The normalized spacial score (nSPS) is 11.2. The zero-order valence-electron chi connectivity index (χ0n) is 12.5. The molecule has 0 aliphatic rings. The first-order chi connectivity index (χ1) is 10.7. The van der Waals surface area contributed by atoms with Crippen LogP contribution in [-0.2, 0) is 0 Å². The molecule has 5 heteroatoms. The summed E-state index contributed by atoms with van der Waals surface area (Å²) in [7, 11) is 3.75. The van der Waals surface area contributed by atoms with Crippen molar-refractivity contribution in [3.8, 4) is 11.3 Å². The topological polar surface area (TPSA) is 50.5 Å². The molecule has 3 aromatic rings. The Morgan fingerprint density at radius 3 is 2.64 bits per heavy atom. The molecule has 0 bridgehead atoms. The van der Waals surface area contributed by atoms with Gasteiger partial charge in [-0.25, -0.2) is 0 Å². The summed E-state index contributed by atoms with van der Waals surface area (Å²) >= 11 is 0. The third-order valence-electron chi connectivity index (χ3n) is 3.24. The van der Waals surface area contributed by atoms with Gasteiger partial charge >= 0.3 is 0 Å². The molecule has 2 heterocycles. The van der Waals surface area contributed by atoms with Gasteiger partial charge in [0.25, 0.3) is 0 Å².